The molecule has 0 aliphatic carbocycles. The number of fused-ring (bicyclic) bond motifs is 1. The number of rotatable bonds is 4. The van der Waals surface area contributed by atoms with Crippen LogP contribution in [0.2, 0.25) is 0 Å². The van der Waals surface area contributed by atoms with Gasteiger partial charge in [-0.1, -0.05) is 15.9 Å². The van der Waals surface area contributed by atoms with Crippen molar-refractivity contribution >= 4 is 38.6 Å². The fourth-order valence-corrected chi connectivity index (χ4v) is 2.46. The predicted molar refractivity (Wildman–Crippen MR) is 79.8 cm³/mol. The van der Waals surface area contributed by atoms with E-state index < -0.39 is 29.5 Å². The van der Waals surface area contributed by atoms with Crippen molar-refractivity contribution in [3.63, 3.8) is 0 Å². The smallest absolute Gasteiger partial charge is 0.303 e. The van der Waals surface area contributed by atoms with Gasteiger partial charge in [-0.05, 0) is 18.2 Å². The topological polar surface area (TPSA) is 96.6 Å². The highest BCUT2D eigenvalue weighted by Gasteiger charge is 2.21. The summed E-state index contributed by atoms with van der Waals surface area (Å²) in [6.45, 7) is 0. The molecule has 0 radical (unpaired) electrons. The second kappa shape index (κ2) is 5.69. The summed E-state index contributed by atoms with van der Waals surface area (Å²) in [6, 6.07) is 4.96. The van der Waals surface area contributed by atoms with Crippen molar-refractivity contribution in [2.24, 2.45) is 7.05 Å². The summed E-state index contributed by atoms with van der Waals surface area (Å²) in [6.07, 6.45) is -0.727. The molecule has 7 heteroatoms. The van der Waals surface area contributed by atoms with E-state index in [4.69, 9.17) is 5.11 Å². The van der Waals surface area contributed by atoms with Gasteiger partial charge in [0, 0.05) is 23.3 Å². The number of aliphatic carboxylic acids is 1. The molecule has 0 saturated carbocycles. The molecule has 2 aromatic rings. The summed E-state index contributed by atoms with van der Waals surface area (Å²) in [4.78, 5) is 34.7. The van der Waals surface area contributed by atoms with Crippen LogP contribution < -0.4 is 5.56 Å². The summed E-state index contributed by atoms with van der Waals surface area (Å²) in [5.41, 5.74) is -0.530. The van der Waals surface area contributed by atoms with Crippen LogP contribution in [0.25, 0.3) is 10.9 Å². The van der Waals surface area contributed by atoms with E-state index in [-0.39, 0.29) is 12.0 Å². The molecular formula is C14H12BrNO5. The molecule has 0 atom stereocenters. The van der Waals surface area contributed by atoms with Gasteiger partial charge in [-0.2, -0.15) is 0 Å². The Bertz CT molecular complexity index is 809. The van der Waals surface area contributed by atoms with Crippen molar-refractivity contribution in [1.29, 1.82) is 0 Å². The first-order valence-corrected chi connectivity index (χ1v) is 6.88. The maximum Gasteiger partial charge on any atom is 0.303 e. The Labute approximate surface area is 127 Å². The monoisotopic (exact) mass is 353 g/mol. The van der Waals surface area contributed by atoms with Crippen molar-refractivity contribution in [3.8, 4) is 5.75 Å². The fourth-order valence-electron chi connectivity index (χ4n) is 2.10. The molecule has 2 rings (SSSR count). The average molecular weight is 354 g/mol. The molecule has 0 bridgehead atoms. The Balaban J connectivity index is 2.66. The Hall–Kier alpha value is -2.15. The lowest BCUT2D eigenvalue weighted by atomic mass is 10.0. The van der Waals surface area contributed by atoms with Gasteiger partial charge >= 0.3 is 5.97 Å². The lowest BCUT2D eigenvalue weighted by Gasteiger charge is -2.11. The van der Waals surface area contributed by atoms with E-state index in [1.165, 1.54) is 11.6 Å². The van der Waals surface area contributed by atoms with Crippen LogP contribution in [0.5, 0.6) is 5.75 Å². The van der Waals surface area contributed by atoms with Gasteiger partial charge in [-0.25, -0.2) is 0 Å². The van der Waals surface area contributed by atoms with Gasteiger partial charge in [0.15, 0.2) is 5.78 Å². The van der Waals surface area contributed by atoms with Crippen LogP contribution >= 0.6 is 15.9 Å². The second-order valence-corrected chi connectivity index (χ2v) is 5.48. The molecule has 1 aromatic carbocycles. The number of halogens is 1. The van der Waals surface area contributed by atoms with Crippen LogP contribution in [0.15, 0.2) is 27.5 Å². The van der Waals surface area contributed by atoms with Crippen LogP contribution in [0.1, 0.15) is 23.2 Å². The van der Waals surface area contributed by atoms with E-state index in [1.807, 2.05) is 0 Å². The zero-order chi connectivity index (χ0) is 15.7. The van der Waals surface area contributed by atoms with Crippen molar-refractivity contribution < 1.29 is 19.8 Å². The van der Waals surface area contributed by atoms with Gasteiger partial charge in [-0.15, -0.1) is 0 Å². The minimum Gasteiger partial charge on any atom is -0.506 e. The first kappa shape index (κ1) is 15.2. The highest BCUT2D eigenvalue weighted by Crippen LogP contribution is 2.29. The van der Waals surface area contributed by atoms with E-state index in [0.29, 0.717) is 15.4 Å². The average Bonchev–Trinajstić information content (AvgIpc) is 2.43. The molecule has 1 aromatic heterocycles. The molecule has 0 fully saturated rings. The van der Waals surface area contributed by atoms with Gasteiger partial charge in [0.25, 0.3) is 5.56 Å². The molecule has 6 nitrogen and oxygen atoms in total. The predicted octanol–water partition coefficient (Wildman–Crippen LogP) is 2.05. The first-order chi connectivity index (χ1) is 9.82. The molecule has 21 heavy (non-hydrogen) atoms. The number of carbonyl (C=O) groups excluding carboxylic acids is 1. The van der Waals surface area contributed by atoms with Crippen LogP contribution in [0.4, 0.5) is 0 Å². The Morgan fingerprint density at radius 2 is 1.95 bits per heavy atom. The van der Waals surface area contributed by atoms with Crippen LogP contribution in [0, 0.1) is 0 Å². The Morgan fingerprint density at radius 3 is 2.57 bits per heavy atom. The number of hydrogen-bond acceptors (Lipinski definition) is 4. The molecule has 1 heterocycles. The summed E-state index contributed by atoms with van der Waals surface area (Å²) in [5, 5.41) is 19.2. The van der Waals surface area contributed by atoms with Crippen molar-refractivity contribution in [2.75, 3.05) is 0 Å². The third kappa shape index (κ3) is 2.82. The zero-order valence-electron chi connectivity index (χ0n) is 11.1. The zero-order valence-corrected chi connectivity index (χ0v) is 12.7. The molecule has 0 aliphatic heterocycles. The van der Waals surface area contributed by atoms with Crippen LogP contribution in [0.3, 0.4) is 0 Å². The molecule has 0 amide bonds. The molecule has 2 N–H and O–H groups in total. The number of aromatic hydroxyl groups is 1. The SMILES string of the molecule is Cn1c(=O)c(C(=O)CCC(=O)O)c(O)c2cc(Br)ccc21. The first-order valence-electron chi connectivity index (χ1n) is 6.09. The quantitative estimate of drug-likeness (QED) is 0.820. The lowest BCUT2D eigenvalue weighted by Crippen LogP contribution is -2.25. The number of pyridine rings is 1. The summed E-state index contributed by atoms with van der Waals surface area (Å²) in [5.74, 6) is -2.23. The number of aryl methyl sites for hydroxylation is 1. The summed E-state index contributed by atoms with van der Waals surface area (Å²) in [7, 11) is 1.49. The Morgan fingerprint density at radius 1 is 1.29 bits per heavy atom. The van der Waals surface area contributed by atoms with Crippen LogP contribution in [-0.2, 0) is 11.8 Å². The van der Waals surface area contributed by atoms with Crippen molar-refractivity contribution in [3.05, 3.63) is 38.6 Å². The van der Waals surface area contributed by atoms with Crippen LogP contribution in [-0.4, -0.2) is 26.5 Å². The van der Waals surface area contributed by atoms with Gasteiger partial charge in [-0.3, -0.25) is 14.4 Å². The van der Waals surface area contributed by atoms with E-state index >= 15 is 0 Å². The highest BCUT2D eigenvalue weighted by atomic mass is 79.9. The second-order valence-electron chi connectivity index (χ2n) is 4.57. The standard InChI is InChI=1S/C14H12BrNO5/c1-16-9-3-2-7(15)6-8(9)13(20)12(14(16)21)10(17)4-5-11(18)19/h2-3,6,20H,4-5H2,1H3,(H,18,19). The summed E-state index contributed by atoms with van der Waals surface area (Å²) < 4.78 is 1.95. The number of Topliss-reactive ketones (excluding diaryl/α,β-unsaturated/α-hetero) is 1. The van der Waals surface area contributed by atoms with Gasteiger partial charge in [0.2, 0.25) is 0 Å². The van der Waals surface area contributed by atoms with E-state index in [2.05, 4.69) is 15.9 Å². The minimum atomic E-state index is -1.14. The van der Waals surface area contributed by atoms with Gasteiger partial charge in [0.05, 0.1) is 11.9 Å². The normalized spacial score (nSPS) is 10.8. The van der Waals surface area contributed by atoms with Gasteiger partial charge in [0.1, 0.15) is 11.3 Å². The third-order valence-corrected chi connectivity index (χ3v) is 3.67. The van der Waals surface area contributed by atoms with E-state index in [0.717, 1.165) is 0 Å². The number of ketones is 1. The number of carboxylic acids is 1. The third-order valence-electron chi connectivity index (χ3n) is 3.18. The molecule has 110 valence electrons. The molecule has 0 spiro atoms. The number of carbonyl (C=O) groups is 2. The largest absolute Gasteiger partial charge is 0.506 e. The molecular weight excluding hydrogens is 342 g/mol. The number of carboxylic acid groups (broad SMARTS) is 1. The van der Waals surface area contributed by atoms with Crippen molar-refractivity contribution in [1.82, 2.24) is 4.57 Å². The lowest BCUT2D eigenvalue weighted by molar-refractivity contribution is -0.136. The maximum atomic E-state index is 12.2. The molecule has 0 saturated heterocycles. The number of nitrogens with zero attached hydrogens (tertiary/aromatic N) is 1. The highest BCUT2D eigenvalue weighted by molar-refractivity contribution is 9.10. The summed E-state index contributed by atoms with van der Waals surface area (Å²) >= 11 is 3.26. The minimum absolute atomic E-state index is 0.336. The Kier molecular flexibility index (Phi) is 4.13. The number of benzene rings is 1. The fraction of sp³-hybridized carbons (Fsp3) is 0.214. The van der Waals surface area contributed by atoms with E-state index in [9.17, 15) is 19.5 Å². The maximum absolute atomic E-state index is 12.2. The van der Waals surface area contributed by atoms with E-state index in [1.54, 1.807) is 18.2 Å². The number of hydrogen-bond donors (Lipinski definition) is 2. The molecule has 0 aliphatic rings. The molecule has 0 unspecified atom stereocenters. The van der Waals surface area contributed by atoms with Gasteiger partial charge < -0.3 is 14.8 Å². The van der Waals surface area contributed by atoms with Crippen molar-refractivity contribution in [2.45, 2.75) is 12.8 Å². The number of aromatic nitrogens is 1.